The molecule has 28 heavy (non-hydrogen) atoms. The van der Waals surface area contributed by atoms with Gasteiger partial charge in [0, 0.05) is 11.1 Å². The number of aliphatic hydroxyl groups is 1. The molecule has 1 heterocycles. The number of carbonyl (C=O) groups is 2. The number of thioether (sulfide) groups is 1. The van der Waals surface area contributed by atoms with Gasteiger partial charge in [0.2, 0.25) is 0 Å². The van der Waals surface area contributed by atoms with Crippen LogP contribution in [0.2, 0.25) is 0 Å². The molecule has 6 nitrogen and oxygen atoms in total. The van der Waals surface area contributed by atoms with Crippen molar-refractivity contribution in [2.24, 2.45) is 4.99 Å². The van der Waals surface area contributed by atoms with Crippen LogP contribution in [-0.4, -0.2) is 33.7 Å². The molecule has 2 aromatic carbocycles. The lowest BCUT2D eigenvalue weighted by molar-refractivity contribution is -0.138. The highest BCUT2D eigenvalue weighted by molar-refractivity contribution is 8.18. The Balaban J connectivity index is 2.03. The first-order valence-electron chi connectivity index (χ1n) is 8.48. The number of benzene rings is 2. The summed E-state index contributed by atoms with van der Waals surface area (Å²) in [5.41, 5.74) is 0.643. The van der Waals surface area contributed by atoms with Crippen molar-refractivity contribution in [2.75, 3.05) is 6.61 Å². The molecule has 0 radical (unpaired) electrons. The van der Waals surface area contributed by atoms with Gasteiger partial charge in [-0.25, -0.2) is 9.79 Å². The third kappa shape index (κ3) is 4.15. The van der Waals surface area contributed by atoms with E-state index in [9.17, 15) is 19.8 Å². The summed E-state index contributed by atoms with van der Waals surface area (Å²) in [5.74, 6) is -1.63. The number of aliphatic hydroxyl groups excluding tert-OH is 1. The predicted octanol–water partition coefficient (Wildman–Crippen LogP) is 4.09. The molecule has 2 N–H and O–H groups in total. The smallest absolute Gasteiger partial charge is 0.344 e. The van der Waals surface area contributed by atoms with Crippen molar-refractivity contribution in [3.8, 4) is 5.75 Å². The summed E-state index contributed by atoms with van der Waals surface area (Å²) in [6, 6.07) is 15.0. The first-order chi connectivity index (χ1) is 13.5. The van der Waals surface area contributed by atoms with E-state index in [4.69, 9.17) is 4.74 Å². The van der Waals surface area contributed by atoms with Crippen molar-refractivity contribution in [3.63, 3.8) is 0 Å². The molecule has 0 aromatic heterocycles. The molecule has 3 rings (SSSR count). The lowest BCUT2D eigenvalue weighted by Gasteiger charge is -2.03. The molecule has 0 spiro atoms. The normalized spacial score (nSPS) is 16.6. The third-order valence-corrected chi connectivity index (χ3v) is 4.84. The van der Waals surface area contributed by atoms with Gasteiger partial charge >= 0.3 is 5.97 Å². The minimum absolute atomic E-state index is 0.0202. The second kappa shape index (κ2) is 8.58. The fourth-order valence-corrected chi connectivity index (χ4v) is 3.48. The van der Waals surface area contributed by atoms with Gasteiger partial charge in [0.15, 0.2) is 0 Å². The fourth-order valence-electron chi connectivity index (χ4n) is 2.48. The molecule has 1 aliphatic heterocycles. The van der Waals surface area contributed by atoms with Crippen molar-refractivity contribution < 1.29 is 24.5 Å². The van der Waals surface area contributed by atoms with Gasteiger partial charge in [-0.15, -0.1) is 0 Å². The van der Waals surface area contributed by atoms with Gasteiger partial charge in [-0.3, -0.25) is 4.79 Å². The summed E-state index contributed by atoms with van der Waals surface area (Å²) in [5, 5.41) is 20.6. The molecule has 142 valence electrons. The molecule has 0 bridgehead atoms. The minimum atomic E-state index is -0.771. The molecule has 0 fully saturated rings. The number of nitrogens with zero attached hydrogens (tertiary/aromatic N) is 1. The average Bonchev–Trinajstić information content (AvgIpc) is 2.99. The van der Waals surface area contributed by atoms with Crippen LogP contribution in [0.3, 0.4) is 0 Å². The fraction of sp³-hybridized carbons (Fsp3) is 0.0952. The first-order valence-corrected chi connectivity index (χ1v) is 9.29. The molecular formula is C21H17NO5S. The maximum absolute atomic E-state index is 12.4. The Kier molecular flexibility index (Phi) is 5.96. The molecule has 2 aromatic rings. The Morgan fingerprint density at radius 2 is 1.75 bits per heavy atom. The summed E-state index contributed by atoms with van der Waals surface area (Å²) in [4.78, 5) is 29.1. The zero-order valence-corrected chi connectivity index (χ0v) is 15.8. The summed E-state index contributed by atoms with van der Waals surface area (Å²) in [7, 11) is 0. The van der Waals surface area contributed by atoms with Gasteiger partial charge in [-0.1, -0.05) is 48.2 Å². The average molecular weight is 395 g/mol. The van der Waals surface area contributed by atoms with Gasteiger partial charge < -0.3 is 14.9 Å². The van der Waals surface area contributed by atoms with Crippen LogP contribution in [0.4, 0.5) is 0 Å². The number of aromatic hydroxyl groups is 1. The Hall–Kier alpha value is -3.32. The maximum atomic E-state index is 12.4. The quantitative estimate of drug-likeness (QED) is 0.757. The van der Waals surface area contributed by atoms with E-state index in [2.05, 4.69) is 4.99 Å². The number of carbonyl (C=O) groups excluding carboxylic acids is 2. The summed E-state index contributed by atoms with van der Waals surface area (Å²) in [6.07, 6.45) is 1.52. The number of amides is 1. The van der Waals surface area contributed by atoms with Crippen LogP contribution in [0.1, 0.15) is 22.8 Å². The molecule has 0 saturated carbocycles. The highest BCUT2D eigenvalue weighted by atomic mass is 32.2. The van der Waals surface area contributed by atoms with E-state index in [0.29, 0.717) is 11.1 Å². The number of phenols is 1. The largest absolute Gasteiger partial charge is 0.507 e. The van der Waals surface area contributed by atoms with Gasteiger partial charge in [0.25, 0.3) is 5.91 Å². The van der Waals surface area contributed by atoms with Crippen molar-refractivity contribution >= 4 is 34.8 Å². The van der Waals surface area contributed by atoms with Crippen LogP contribution < -0.4 is 0 Å². The van der Waals surface area contributed by atoms with Crippen LogP contribution in [0.5, 0.6) is 5.75 Å². The van der Waals surface area contributed by atoms with E-state index in [1.54, 1.807) is 55.5 Å². The Labute approximate surface area is 165 Å². The first kappa shape index (κ1) is 19.4. The number of hydrogen-bond acceptors (Lipinski definition) is 6. The van der Waals surface area contributed by atoms with E-state index in [-0.39, 0.29) is 33.6 Å². The van der Waals surface area contributed by atoms with Crippen LogP contribution in [0.15, 0.2) is 75.8 Å². The number of esters is 1. The molecule has 0 unspecified atom stereocenters. The molecule has 0 atom stereocenters. The van der Waals surface area contributed by atoms with Crippen molar-refractivity contribution in [1.82, 2.24) is 0 Å². The number of phenolic OH excluding ortho intramolecular Hbond substituents is 1. The van der Waals surface area contributed by atoms with E-state index < -0.39 is 11.9 Å². The Morgan fingerprint density at radius 1 is 1.07 bits per heavy atom. The van der Waals surface area contributed by atoms with Crippen LogP contribution in [-0.2, 0) is 9.53 Å². The summed E-state index contributed by atoms with van der Waals surface area (Å²) < 4.78 is 5.00. The number of hydrogen-bond donors (Lipinski definition) is 2. The van der Waals surface area contributed by atoms with Crippen LogP contribution in [0.25, 0.3) is 6.08 Å². The summed E-state index contributed by atoms with van der Waals surface area (Å²) >= 11 is 0.962. The lowest BCUT2D eigenvalue weighted by Crippen LogP contribution is -2.14. The summed E-state index contributed by atoms with van der Waals surface area (Å²) in [6.45, 7) is 1.75. The van der Waals surface area contributed by atoms with Crippen LogP contribution >= 0.6 is 11.8 Å². The molecule has 0 saturated heterocycles. The molecular weight excluding hydrogens is 378 g/mol. The van der Waals surface area contributed by atoms with Gasteiger partial charge in [-0.2, -0.15) is 0 Å². The van der Waals surface area contributed by atoms with Gasteiger partial charge in [0.1, 0.15) is 22.1 Å². The second-order valence-electron chi connectivity index (χ2n) is 5.70. The van der Waals surface area contributed by atoms with Crippen LogP contribution in [0, 0.1) is 0 Å². The van der Waals surface area contributed by atoms with Crippen molar-refractivity contribution in [2.45, 2.75) is 6.92 Å². The SMILES string of the molecule is CCOC(=O)C1=C(O)/C(=C/c2ccccc2O)SC1=NC(=O)c1ccccc1. The van der Waals surface area contributed by atoms with E-state index in [0.717, 1.165) is 11.8 Å². The highest BCUT2D eigenvalue weighted by Gasteiger charge is 2.34. The molecule has 7 heteroatoms. The third-order valence-electron chi connectivity index (χ3n) is 3.82. The predicted molar refractivity (Wildman–Crippen MR) is 108 cm³/mol. The maximum Gasteiger partial charge on any atom is 0.344 e. The Morgan fingerprint density at radius 3 is 2.43 bits per heavy atom. The van der Waals surface area contributed by atoms with Crippen molar-refractivity contribution in [1.29, 1.82) is 0 Å². The number of aliphatic imine (C=N–C) groups is 1. The monoisotopic (exact) mass is 395 g/mol. The van der Waals surface area contributed by atoms with Gasteiger partial charge in [0.05, 0.1) is 11.5 Å². The second-order valence-corrected chi connectivity index (χ2v) is 6.73. The molecule has 1 amide bonds. The minimum Gasteiger partial charge on any atom is -0.507 e. The Bertz CT molecular complexity index is 1010. The highest BCUT2D eigenvalue weighted by Crippen LogP contribution is 2.40. The number of para-hydroxylation sites is 1. The van der Waals surface area contributed by atoms with E-state index in [1.807, 2.05) is 0 Å². The van der Waals surface area contributed by atoms with Crippen molar-refractivity contribution in [3.05, 3.63) is 82.0 Å². The molecule has 0 aliphatic carbocycles. The lowest BCUT2D eigenvalue weighted by atomic mass is 10.1. The standard InChI is InChI=1S/C21H17NO5S/c1-2-27-21(26)17-18(24)16(12-14-10-6-7-11-15(14)23)28-20(17)22-19(25)13-8-4-3-5-9-13/h3-12,23-24H,2H2,1H3/b16-12-,22-20?. The number of ether oxygens (including phenoxy) is 1. The number of rotatable bonds is 4. The topological polar surface area (TPSA) is 96.2 Å². The van der Waals surface area contributed by atoms with Gasteiger partial charge in [-0.05, 0) is 31.2 Å². The zero-order valence-electron chi connectivity index (χ0n) is 15.0. The molecule has 1 aliphatic rings. The van der Waals surface area contributed by atoms with E-state index in [1.165, 1.54) is 12.1 Å². The van der Waals surface area contributed by atoms with E-state index >= 15 is 0 Å². The zero-order chi connectivity index (χ0) is 20.1.